The van der Waals surface area contributed by atoms with Gasteiger partial charge in [0.05, 0.1) is 6.42 Å². The number of hydrogen-bond donors (Lipinski definition) is 3. The molecule has 4 nitrogen and oxygen atoms in total. The van der Waals surface area contributed by atoms with Gasteiger partial charge in [0, 0.05) is 34.7 Å². The summed E-state index contributed by atoms with van der Waals surface area (Å²) in [6.45, 7) is 0. The Hall–Kier alpha value is -3.01. The highest BCUT2D eigenvalue weighted by Gasteiger charge is 2.21. The Morgan fingerprint density at radius 3 is 2.78 bits per heavy atom. The number of hydrogen-bond acceptors (Lipinski definition) is 1. The molecule has 2 aromatic heterocycles. The van der Waals surface area contributed by atoms with Crippen LogP contribution in [0.3, 0.4) is 0 Å². The van der Waals surface area contributed by atoms with Gasteiger partial charge in [0.15, 0.2) is 0 Å². The summed E-state index contributed by atoms with van der Waals surface area (Å²) in [7, 11) is 0. The van der Waals surface area contributed by atoms with Crippen molar-refractivity contribution in [1.82, 2.24) is 9.97 Å². The van der Waals surface area contributed by atoms with E-state index in [-0.39, 0.29) is 12.3 Å². The van der Waals surface area contributed by atoms with Crippen LogP contribution in [-0.4, -0.2) is 21.0 Å². The molecule has 0 bridgehead atoms. The van der Waals surface area contributed by atoms with E-state index in [9.17, 15) is 9.90 Å². The van der Waals surface area contributed by atoms with Gasteiger partial charge in [-0.3, -0.25) is 4.79 Å². The minimum absolute atomic E-state index is 0.0636. The number of rotatable bonds is 4. The number of aliphatic carboxylic acids is 1. The van der Waals surface area contributed by atoms with Crippen LogP contribution in [-0.2, 0) is 4.79 Å². The van der Waals surface area contributed by atoms with Gasteiger partial charge in [-0.05, 0) is 34.7 Å². The first-order valence-corrected chi connectivity index (χ1v) is 7.57. The standard InChI is InChI=1S/C19H16N2O2/c22-19(23)10-15(13-6-5-12-7-8-20-18(12)9-13)16-11-21-17-4-2-1-3-14(16)17/h1-9,11,15,20-21H,10H2,(H,22,23). The third-order valence-electron chi connectivity index (χ3n) is 4.36. The maximum absolute atomic E-state index is 11.4. The SMILES string of the molecule is O=C(O)CC(c1ccc2cc[nH]c2c1)c1c[nH]c2ccccc12. The van der Waals surface area contributed by atoms with Crippen molar-refractivity contribution in [3.63, 3.8) is 0 Å². The Morgan fingerprint density at radius 1 is 1.04 bits per heavy atom. The van der Waals surface area contributed by atoms with Gasteiger partial charge in [-0.25, -0.2) is 0 Å². The number of benzene rings is 2. The Kier molecular flexibility index (Phi) is 3.15. The minimum Gasteiger partial charge on any atom is -0.481 e. The summed E-state index contributed by atoms with van der Waals surface area (Å²) in [5.41, 5.74) is 4.08. The van der Waals surface area contributed by atoms with Crippen LogP contribution in [0.1, 0.15) is 23.5 Å². The predicted molar refractivity (Wildman–Crippen MR) is 90.7 cm³/mol. The van der Waals surface area contributed by atoms with Gasteiger partial charge in [-0.1, -0.05) is 30.3 Å². The summed E-state index contributed by atoms with van der Waals surface area (Å²) in [5, 5.41) is 11.6. The van der Waals surface area contributed by atoms with E-state index in [1.807, 2.05) is 60.9 Å². The lowest BCUT2D eigenvalue weighted by Gasteiger charge is -2.15. The van der Waals surface area contributed by atoms with Crippen molar-refractivity contribution in [2.24, 2.45) is 0 Å². The summed E-state index contributed by atoms with van der Waals surface area (Å²) in [6, 6.07) is 16.1. The van der Waals surface area contributed by atoms with Crippen LogP contribution in [0.4, 0.5) is 0 Å². The van der Waals surface area contributed by atoms with Gasteiger partial charge in [-0.2, -0.15) is 0 Å². The van der Waals surface area contributed by atoms with Crippen LogP contribution in [0.5, 0.6) is 0 Å². The zero-order chi connectivity index (χ0) is 15.8. The van der Waals surface area contributed by atoms with Crippen LogP contribution in [0.2, 0.25) is 0 Å². The highest BCUT2D eigenvalue weighted by molar-refractivity contribution is 5.86. The van der Waals surface area contributed by atoms with Crippen molar-refractivity contribution < 1.29 is 9.90 Å². The summed E-state index contributed by atoms with van der Waals surface area (Å²) in [4.78, 5) is 17.8. The third-order valence-corrected chi connectivity index (χ3v) is 4.36. The highest BCUT2D eigenvalue weighted by atomic mass is 16.4. The smallest absolute Gasteiger partial charge is 0.304 e. The van der Waals surface area contributed by atoms with Gasteiger partial charge in [-0.15, -0.1) is 0 Å². The molecule has 114 valence electrons. The first-order chi connectivity index (χ1) is 11.2. The second kappa shape index (κ2) is 5.32. The monoisotopic (exact) mass is 304 g/mol. The van der Waals surface area contributed by atoms with Crippen LogP contribution >= 0.6 is 0 Å². The van der Waals surface area contributed by atoms with Gasteiger partial charge < -0.3 is 15.1 Å². The molecule has 0 fully saturated rings. The number of carboxylic acids is 1. The van der Waals surface area contributed by atoms with Gasteiger partial charge in [0.2, 0.25) is 0 Å². The fourth-order valence-electron chi connectivity index (χ4n) is 3.25. The number of carboxylic acid groups (broad SMARTS) is 1. The zero-order valence-corrected chi connectivity index (χ0v) is 12.4. The summed E-state index contributed by atoms with van der Waals surface area (Å²) in [6.07, 6.45) is 3.89. The van der Waals surface area contributed by atoms with Crippen molar-refractivity contribution in [2.75, 3.05) is 0 Å². The molecule has 3 N–H and O–H groups in total. The zero-order valence-electron chi connectivity index (χ0n) is 12.4. The average Bonchev–Trinajstić information content (AvgIpc) is 3.18. The molecule has 2 heterocycles. The van der Waals surface area contributed by atoms with Crippen molar-refractivity contribution in [1.29, 1.82) is 0 Å². The second-order valence-corrected chi connectivity index (χ2v) is 5.76. The Balaban J connectivity index is 1.87. The molecule has 0 saturated carbocycles. The van der Waals surface area contributed by atoms with Crippen molar-refractivity contribution >= 4 is 27.8 Å². The van der Waals surface area contributed by atoms with Gasteiger partial charge in [0.25, 0.3) is 0 Å². The molecule has 4 rings (SSSR count). The Labute approximate surface area is 132 Å². The largest absolute Gasteiger partial charge is 0.481 e. The molecular formula is C19H16N2O2. The maximum atomic E-state index is 11.4. The molecule has 0 aliphatic heterocycles. The van der Waals surface area contributed by atoms with E-state index in [1.165, 1.54) is 0 Å². The number of H-pyrrole nitrogens is 2. The van der Waals surface area contributed by atoms with E-state index in [0.29, 0.717) is 0 Å². The molecule has 0 aliphatic rings. The molecule has 4 aromatic rings. The summed E-state index contributed by atoms with van der Waals surface area (Å²) >= 11 is 0. The average molecular weight is 304 g/mol. The van der Waals surface area contributed by atoms with Crippen LogP contribution in [0.25, 0.3) is 21.8 Å². The molecule has 0 spiro atoms. The predicted octanol–water partition coefficient (Wildman–Crippen LogP) is 4.26. The van der Waals surface area contributed by atoms with Crippen LogP contribution in [0, 0.1) is 0 Å². The van der Waals surface area contributed by atoms with E-state index >= 15 is 0 Å². The molecule has 23 heavy (non-hydrogen) atoms. The van der Waals surface area contributed by atoms with Crippen LogP contribution in [0.15, 0.2) is 60.9 Å². The summed E-state index contributed by atoms with van der Waals surface area (Å²) in [5.74, 6) is -0.983. The Bertz CT molecular complexity index is 997. The molecule has 1 atom stereocenters. The molecule has 0 radical (unpaired) electrons. The summed E-state index contributed by atoms with van der Waals surface area (Å²) < 4.78 is 0. The molecule has 2 aromatic carbocycles. The highest BCUT2D eigenvalue weighted by Crippen LogP contribution is 2.34. The topological polar surface area (TPSA) is 68.9 Å². The van der Waals surface area contributed by atoms with Crippen molar-refractivity contribution in [2.45, 2.75) is 12.3 Å². The lowest BCUT2D eigenvalue weighted by molar-refractivity contribution is -0.137. The third kappa shape index (κ3) is 2.38. The number of nitrogens with one attached hydrogen (secondary N) is 2. The number of para-hydroxylation sites is 1. The number of carbonyl (C=O) groups is 1. The van der Waals surface area contributed by atoms with Crippen molar-refractivity contribution in [3.8, 4) is 0 Å². The van der Waals surface area contributed by atoms with E-state index in [1.54, 1.807) is 0 Å². The van der Waals surface area contributed by atoms with E-state index in [0.717, 1.165) is 32.9 Å². The van der Waals surface area contributed by atoms with E-state index < -0.39 is 5.97 Å². The van der Waals surface area contributed by atoms with Gasteiger partial charge >= 0.3 is 5.97 Å². The first kappa shape index (κ1) is 13.6. The lowest BCUT2D eigenvalue weighted by atomic mass is 9.88. The molecule has 0 aliphatic carbocycles. The first-order valence-electron chi connectivity index (χ1n) is 7.57. The maximum Gasteiger partial charge on any atom is 0.304 e. The molecule has 1 unspecified atom stereocenters. The minimum atomic E-state index is -0.799. The van der Waals surface area contributed by atoms with Crippen molar-refractivity contribution in [3.05, 3.63) is 72.1 Å². The number of aromatic amines is 2. The van der Waals surface area contributed by atoms with Gasteiger partial charge in [0.1, 0.15) is 0 Å². The second-order valence-electron chi connectivity index (χ2n) is 5.76. The number of aromatic nitrogens is 2. The normalized spacial score (nSPS) is 12.7. The molecule has 0 saturated heterocycles. The fraction of sp³-hybridized carbons (Fsp3) is 0.105. The molecule has 4 heteroatoms. The molecule has 0 amide bonds. The van der Waals surface area contributed by atoms with E-state index in [4.69, 9.17) is 0 Å². The fourth-order valence-corrected chi connectivity index (χ4v) is 3.25. The van der Waals surface area contributed by atoms with E-state index in [2.05, 4.69) is 9.97 Å². The quantitative estimate of drug-likeness (QED) is 0.527. The molecular weight excluding hydrogens is 288 g/mol. The Morgan fingerprint density at radius 2 is 1.91 bits per heavy atom. The lowest BCUT2D eigenvalue weighted by Crippen LogP contribution is -2.07. The van der Waals surface area contributed by atoms with Crippen LogP contribution < -0.4 is 0 Å². The number of fused-ring (bicyclic) bond motifs is 2.